The second-order valence-corrected chi connectivity index (χ2v) is 11.1. The number of benzene rings is 1. The summed E-state index contributed by atoms with van der Waals surface area (Å²) >= 11 is 0. The highest BCUT2D eigenvalue weighted by molar-refractivity contribution is 5.68. The first-order valence-electron chi connectivity index (χ1n) is 12.2. The number of halogens is 5. The molecule has 1 amide bonds. The van der Waals surface area contributed by atoms with E-state index in [-0.39, 0.29) is 37.2 Å². The number of piperidine rings is 1. The number of hydrogen-bond donors (Lipinski definition) is 0. The molecular formula is C25H34F5N3O2. The number of nitrogens with zero attached hydrogens (tertiary/aromatic N) is 3. The van der Waals surface area contributed by atoms with Gasteiger partial charge in [0, 0.05) is 50.7 Å². The maximum atomic E-state index is 14.2. The first-order valence-corrected chi connectivity index (χ1v) is 12.2. The van der Waals surface area contributed by atoms with Gasteiger partial charge in [-0.3, -0.25) is 9.80 Å². The normalized spacial score (nSPS) is 26.6. The molecule has 35 heavy (non-hydrogen) atoms. The van der Waals surface area contributed by atoms with Crippen LogP contribution < -0.4 is 0 Å². The number of amides is 1. The molecule has 2 atom stereocenters. The highest BCUT2D eigenvalue weighted by atomic mass is 19.4. The molecule has 0 spiro atoms. The SMILES string of the molecule is CC(C)(C)OC(=O)N1CCC(N2C[C@@H]3CC(F)(F)CN3C[C@@H]2Cc2ccc(C(F)(F)F)cc2)CC1. The Labute approximate surface area is 203 Å². The van der Waals surface area contributed by atoms with Crippen LogP contribution in [0.15, 0.2) is 24.3 Å². The first kappa shape index (κ1) is 26.1. The minimum Gasteiger partial charge on any atom is -0.444 e. The molecule has 0 aromatic heterocycles. The Morgan fingerprint density at radius 3 is 2.23 bits per heavy atom. The van der Waals surface area contributed by atoms with Crippen molar-refractivity contribution >= 4 is 6.09 Å². The molecule has 196 valence electrons. The van der Waals surface area contributed by atoms with E-state index in [0.29, 0.717) is 45.4 Å². The Balaban J connectivity index is 1.46. The maximum absolute atomic E-state index is 14.2. The van der Waals surface area contributed by atoms with Crippen molar-refractivity contribution in [2.45, 2.75) is 82.3 Å². The lowest BCUT2D eigenvalue weighted by Crippen LogP contribution is -2.61. The topological polar surface area (TPSA) is 36.0 Å². The third-order valence-corrected chi connectivity index (χ3v) is 7.16. The van der Waals surface area contributed by atoms with Crippen LogP contribution in [0.1, 0.15) is 51.2 Å². The van der Waals surface area contributed by atoms with Gasteiger partial charge in [-0.25, -0.2) is 13.6 Å². The van der Waals surface area contributed by atoms with Gasteiger partial charge in [-0.1, -0.05) is 12.1 Å². The number of alkyl halides is 5. The maximum Gasteiger partial charge on any atom is 0.416 e. The van der Waals surface area contributed by atoms with Gasteiger partial charge in [0.05, 0.1) is 12.1 Å². The largest absolute Gasteiger partial charge is 0.444 e. The van der Waals surface area contributed by atoms with Crippen LogP contribution >= 0.6 is 0 Å². The summed E-state index contributed by atoms with van der Waals surface area (Å²) in [6.07, 6.45) is -3.03. The highest BCUT2D eigenvalue weighted by Gasteiger charge is 2.50. The van der Waals surface area contributed by atoms with Crippen LogP contribution in [0, 0.1) is 0 Å². The van der Waals surface area contributed by atoms with E-state index >= 15 is 0 Å². The third kappa shape index (κ3) is 6.44. The molecule has 4 rings (SSSR count). The Hall–Kier alpha value is -1.94. The van der Waals surface area contributed by atoms with Gasteiger partial charge in [0.25, 0.3) is 5.92 Å². The summed E-state index contributed by atoms with van der Waals surface area (Å²) in [4.78, 5) is 18.2. The van der Waals surface area contributed by atoms with Crippen LogP contribution in [-0.4, -0.2) is 83.2 Å². The zero-order chi connectivity index (χ0) is 25.6. The molecule has 3 fully saturated rings. The smallest absolute Gasteiger partial charge is 0.416 e. The van der Waals surface area contributed by atoms with Crippen LogP contribution in [-0.2, 0) is 17.3 Å². The molecule has 1 aromatic carbocycles. The van der Waals surface area contributed by atoms with E-state index in [9.17, 15) is 26.7 Å². The van der Waals surface area contributed by atoms with E-state index < -0.39 is 23.3 Å². The van der Waals surface area contributed by atoms with Crippen LogP contribution in [0.4, 0.5) is 26.7 Å². The van der Waals surface area contributed by atoms with Gasteiger partial charge in [-0.2, -0.15) is 13.2 Å². The van der Waals surface area contributed by atoms with Crippen molar-refractivity contribution in [2.24, 2.45) is 0 Å². The van der Waals surface area contributed by atoms with Gasteiger partial charge in [0.1, 0.15) is 5.60 Å². The number of hydrogen-bond acceptors (Lipinski definition) is 4. The summed E-state index contributed by atoms with van der Waals surface area (Å²) < 4.78 is 72.7. The Kier molecular flexibility index (Phi) is 7.09. The summed E-state index contributed by atoms with van der Waals surface area (Å²) in [6, 6.07) is 4.91. The van der Waals surface area contributed by atoms with Crippen molar-refractivity contribution in [2.75, 3.05) is 32.7 Å². The molecule has 0 saturated carbocycles. The minimum atomic E-state index is -4.40. The second-order valence-electron chi connectivity index (χ2n) is 11.1. The zero-order valence-electron chi connectivity index (χ0n) is 20.5. The molecule has 3 heterocycles. The molecule has 0 bridgehead atoms. The van der Waals surface area contributed by atoms with Gasteiger partial charge in [-0.15, -0.1) is 0 Å². The summed E-state index contributed by atoms with van der Waals surface area (Å²) in [5, 5.41) is 0. The fraction of sp³-hybridized carbons (Fsp3) is 0.720. The predicted molar refractivity (Wildman–Crippen MR) is 121 cm³/mol. The Morgan fingerprint density at radius 2 is 1.66 bits per heavy atom. The quantitative estimate of drug-likeness (QED) is 0.542. The lowest BCUT2D eigenvalue weighted by atomic mass is 9.94. The fourth-order valence-corrected chi connectivity index (χ4v) is 5.56. The minimum absolute atomic E-state index is 0.0880. The van der Waals surface area contributed by atoms with E-state index in [4.69, 9.17) is 4.74 Å². The first-order chi connectivity index (χ1) is 16.2. The van der Waals surface area contributed by atoms with Gasteiger partial charge >= 0.3 is 12.3 Å². The average molecular weight is 504 g/mol. The van der Waals surface area contributed by atoms with Crippen molar-refractivity contribution in [1.29, 1.82) is 0 Å². The van der Waals surface area contributed by atoms with Gasteiger partial charge in [0.15, 0.2) is 0 Å². The van der Waals surface area contributed by atoms with Crippen molar-refractivity contribution in [3.8, 4) is 0 Å². The van der Waals surface area contributed by atoms with E-state index in [1.807, 2.05) is 25.7 Å². The molecule has 0 N–H and O–H groups in total. The number of carbonyl (C=O) groups is 1. The number of piperazine rings is 1. The van der Waals surface area contributed by atoms with Crippen molar-refractivity contribution in [1.82, 2.24) is 14.7 Å². The summed E-state index contributed by atoms with van der Waals surface area (Å²) in [5.74, 6) is -2.72. The fourth-order valence-electron chi connectivity index (χ4n) is 5.56. The summed E-state index contributed by atoms with van der Waals surface area (Å²) in [5.41, 5.74) is -0.524. The Morgan fingerprint density at radius 1 is 1.03 bits per heavy atom. The van der Waals surface area contributed by atoms with Crippen LogP contribution in [0.2, 0.25) is 0 Å². The summed E-state index contributed by atoms with van der Waals surface area (Å²) in [7, 11) is 0. The van der Waals surface area contributed by atoms with Crippen LogP contribution in [0.25, 0.3) is 0 Å². The van der Waals surface area contributed by atoms with E-state index in [2.05, 4.69) is 4.90 Å². The van der Waals surface area contributed by atoms with E-state index in [1.54, 1.807) is 4.90 Å². The Bertz CT molecular complexity index is 892. The van der Waals surface area contributed by atoms with Gasteiger partial charge in [0.2, 0.25) is 0 Å². The number of carbonyl (C=O) groups excluding carboxylic acids is 1. The molecule has 0 radical (unpaired) electrons. The molecular weight excluding hydrogens is 469 g/mol. The van der Waals surface area contributed by atoms with Gasteiger partial charge < -0.3 is 9.64 Å². The number of rotatable bonds is 3. The lowest BCUT2D eigenvalue weighted by molar-refractivity contribution is -0.137. The predicted octanol–water partition coefficient (Wildman–Crippen LogP) is 5.04. The zero-order valence-corrected chi connectivity index (χ0v) is 20.5. The molecule has 0 aliphatic carbocycles. The molecule has 10 heteroatoms. The van der Waals surface area contributed by atoms with Crippen molar-refractivity contribution < 1.29 is 31.5 Å². The molecule has 5 nitrogen and oxygen atoms in total. The third-order valence-electron chi connectivity index (χ3n) is 7.16. The monoisotopic (exact) mass is 503 g/mol. The lowest BCUT2D eigenvalue weighted by Gasteiger charge is -2.49. The number of likely N-dealkylation sites (tertiary alicyclic amines) is 1. The van der Waals surface area contributed by atoms with Crippen LogP contribution in [0.3, 0.4) is 0 Å². The summed E-state index contributed by atoms with van der Waals surface area (Å²) in [6.45, 7) is 7.18. The van der Waals surface area contributed by atoms with Crippen LogP contribution in [0.5, 0.6) is 0 Å². The van der Waals surface area contributed by atoms with E-state index in [1.165, 1.54) is 12.1 Å². The molecule has 0 unspecified atom stereocenters. The molecule has 1 aromatic rings. The van der Waals surface area contributed by atoms with Crippen molar-refractivity contribution in [3.05, 3.63) is 35.4 Å². The van der Waals surface area contributed by atoms with Crippen molar-refractivity contribution in [3.63, 3.8) is 0 Å². The highest BCUT2D eigenvalue weighted by Crippen LogP contribution is 2.37. The molecule has 3 saturated heterocycles. The molecule has 3 aliphatic rings. The van der Waals surface area contributed by atoms with E-state index in [0.717, 1.165) is 17.7 Å². The number of ether oxygens (including phenoxy) is 1. The standard InChI is InChI=1S/C25H34F5N3O2/c1-23(2,3)35-22(34)31-10-8-19(9-11-31)33-15-21-13-24(26,27)16-32(21)14-20(33)12-17-4-6-18(7-5-17)25(28,29)30/h4-7,19-21H,8-16H2,1-3H3/t20-,21-/m0/s1. The number of fused-ring (bicyclic) bond motifs is 1. The average Bonchev–Trinajstić information content (AvgIpc) is 3.04. The van der Waals surface area contributed by atoms with Gasteiger partial charge in [-0.05, 0) is 57.7 Å². The second kappa shape index (κ2) is 9.50. The molecule has 3 aliphatic heterocycles.